The number of aromatic amines is 1. The van der Waals surface area contributed by atoms with Crippen LogP contribution >= 0.6 is 0 Å². The molecule has 4 rings (SSSR count). The zero-order valence-corrected chi connectivity index (χ0v) is 16.6. The quantitative estimate of drug-likeness (QED) is 0.379. The monoisotopic (exact) mass is 401 g/mol. The first-order valence-electron chi connectivity index (χ1n) is 9.51. The van der Waals surface area contributed by atoms with Crippen LogP contribution in [0.4, 0.5) is 11.5 Å². The summed E-state index contributed by atoms with van der Waals surface area (Å²) in [4.78, 5) is 18.9. The number of phenols is 1. The second-order valence-electron chi connectivity index (χ2n) is 7.20. The molecule has 0 amide bonds. The maximum absolute atomic E-state index is 11.7. The molecule has 4 aromatic rings. The van der Waals surface area contributed by atoms with Crippen LogP contribution in [-0.2, 0) is 0 Å². The summed E-state index contributed by atoms with van der Waals surface area (Å²) in [5, 5.41) is 26.9. The van der Waals surface area contributed by atoms with E-state index >= 15 is 0 Å². The fourth-order valence-electron chi connectivity index (χ4n) is 3.56. The van der Waals surface area contributed by atoms with E-state index in [-0.39, 0.29) is 11.4 Å². The summed E-state index contributed by atoms with van der Waals surface area (Å²) in [6.45, 7) is 3.81. The molecule has 0 saturated carbocycles. The number of H-pyrrole nitrogens is 1. The van der Waals surface area contributed by atoms with Crippen LogP contribution in [0.1, 0.15) is 28.4 Å². The SMILES string of the molecule is Cc1cc[nH+]c(N[C@H](c2ccccc2[N+](=O)[O-])c2ccc3ccc(C)nc3c2O)c1. The van der Waals surface area contributed by atoms with Gasteiger partial charge in [0, 0.05) is 28.8 Å². The Balaban J connectivity index is 1.93. The molecule has 0 spiro atoms. The maximum atomic E-state index is 11.7. The number of phenolic OH excluding ortho intramolecular Hbond substituents is 1. The van der Waals surface area contributed by atoms with Gasteiger partial charge in [0.1, 0.15) is 11.3 Å². The van der Waals surface area contributed by atoms with E-state index in [1.807, 2.05) is 44.2 Å². The number of pyridine rings is 2. The van der Waals surface area contributed by atoms with E-state index in [2.05, 4.69) is 15.3 Å². The summed E-state index contributed by atoms with van der Waals surface area (Å²) in [5.74, 6) is 0.675. The number of nitrogens with zero attached hydrogens (tertiary/aromatic N) is 2. The number of benzene rings is 2. The van der Waals surface area contributed by atoms with Crippen LogP contribution in [0.5, 0.6) is 5.75 Å². The van der Waals surface area contributed by atoms with E-state index in [0.29, 0.717) is 22.5 Å². The Kier molecular flexibility index (Phi) is 5.02. The molecule has 0 unspecified atom stereocenters. The van der Waals surface area contributed by atoms with Crippen molar-refractivity contribution in [2.24, 2.45) is 0 Å². The summed E-state index contributed by atoms with van der Waals surface area (Å²) in [7, 11) is 0. The van der Waals surface area contributed by atoms with Crippen LogP contribution in [0.2, 0.25) is 0 Å². The molecule has 0 aliphatic carbocycles. The summed E-state index contributed by atoms with van der Waals surface area (Å²) >= 11 is 0. The number of nitrogens with one attached hydrogen (secondary N) is 2. The Labute approximate surface area is 173 Å². The van der Waals surface area contributed by atoms with E-state index in [1.54, 1.807) is 30.5 Å². The Bertz CT molecular complexity index is 1260. The molecule has 3 N–H and O–H groups in total. The standard InChI is InChI=1S/C23H20N4O3/c1-14-11-12-24-20(13-14)26-22(17-5-3-4-6-19(17)27(29)30)18-10-9-16-8-7-15(2)25-21(16)23(18)28/h3-13,22,28H,1-2H3,(H,24,26)/p+1/t22-/m1/s1. The Morgan fingerprint density at radius 1 is 1.07 bits per heavy atom. The number of rotatable bonds is 5. The number of aromatic nitrogens is 2. The molecule has 7 nitrogen and oxygen atoms in total. The van der Waals surface area contributed by atoms with Crippen molar-refractivity contribution in [3.63, 3.8) is 0 Å². The molecule has 0 radical (unpaired) electrons. The van der Waals surface area contributed by atoms with Crippen molar-refractivity contribution in [3.8, 4) is 5.75 Å². The highest BCUT2D eigenvalue weighted by Gasteiger charge is 2.30. The summed E-state index contributed by atoms with van der Waals surface area (Å²) in [6, 6.07) is 17.1. The molecule has 150 valence electrons. The Hall–Kier alpha value is -4.00. The number of fused-ring (bicyclic) bond motifs is 1. The predicted octanol–water partition coefficient (Wildman–Crippen LogP) is 4.48. The van der Waals surface area contributed by atoms with E-state index in [1.165, 1.54) is 6.07 Å². The Morgan fingerprint density at radius 3 is 2.60 bits per heavy atom. The minimum atomic E-state index is -0.670. The van der Waals surface area contributed by atoms with Crippen molar-refractivity contribution in [2.75, 3.05) is 5.32 Å². The van der Waals surface area contributed by atoms with Crippen molar-refractivity contribution in [2.45, 2.75) is 19.9 Å². The van der Waals surface area contributed by atoms with Crippen LogP contribution in [0.3, 0.4) is 0 Å². The average Bonchev–Trinajstić information content (AvgIpc) is 2.73. The predicted molar refractivity (Wildman–Crippen MR) is 114 cm³/mol. The van der Waals surface area contributed by atoms with Crippen LogP contribution < -0.4 is 10.3 Å². The van der Waals surface area contributed by atoms with Crippen molar-refractivity contribution in [1.29, 1.82) is 0 Å². The number of aryl methyl sites for hydroxylation is 2. The van der Waals surface area contributed by atoms with Gasteiger partial charge in [-0.15, -0.1) is 0 Å². The van der Waals surface area contributed by atoms with Gasteiger partial charge in [-0.05, 0) is 43.7 Å². The van der Waals surface area contributed by atoms with E-state index in [4.69, 9.17) is 0 Å². The van der Waals surface area contributed by atoms with Gasteiger partial charge < -0.3 is 5.11 Å². The first-order chi connectivity index (χ1) is 14.4. The minimum absolute atomic E-state index is 0.000459. The van der Waals surface area contributed by atoms with Crippen molar-refractivity contribution in [3.05, 3.63) is 99.4 Å². The number of aromatic hydroxyl groups is 1. The third kappa shape index (κ3) is 3.65. The van der Waals surface area contributed by atoms with Gasteiger partial charge in [-0.2, -0.15) is 0 Å². The zero-order chi connectivity index (χ0) is 21.3. The molecule has 1 atom stereocenters. The summed E-state index contributed by atoms with van der Waals surface area (Å²) in [6.07, 6.45) is 1.79. The molecular weight excluding hydrogens is 380 g/mol. The largest absolute Gasteiger partial charge is 0.505 e. The lowest BCUT2D eigenvalue weighted by Crippen LogP contribution is -2.20. The molecule has 2 aromatic heterocycles. The molecular formula is C23H21N4O3+. The highest BCUT2D eigenvalue weighted by molar-refractivity contribution is 5.86. The molecule has 0 aliphatic rings. The van der Waals surface area contributed by atoms with Crippen molar-refractivity contribution >= 4 is 22.4 Å². The topological polar surface area (TPSA) is 102 Å². The molecule has 0 bridgehead atoms. The lowest BCUT2D eigenvalue weighted by Gasteiger charge is -2.18. The number of nitro benzene ring substituents is 1. The second-order valence-corrected chi connectivity index (χ2v) is 7.20. The van der Waals surface area contributed by atoms with Gasteiger partial charge in [-0.3, -0.25) is 15.4 Å². The van der Waals surface area contributed by atoms with Gasteiger partial charge >= 0.3 is 0 Å². The number of nitro groups is 1. The molecule has 7 heteroatoms. The van der Waals surface area contributed by atoms with E-state index in [9.17, 15) is 15.2 Å². The smallest absolute Gasteiger partial charge is 0.277 e. The third-order valence-electron chi connectivity index (χ3n) is 5.02. The van der Waals surface area contributed by atoms with Crippen LogP contribution in [0.15, 0.2) is 66.9 Å². The minimum Gasteiger partial charge on any atom is -0.505 e. The highest BCUT2D eigenvalue weighted by atomic mass is 16.6. The zero-order valence-electron chi connectivity index (χ0n) is 16.6. The van der Waals surface area contributed by atoms with E-state index < -0.39 is 11.0 Å². The van der Waals surface area contributed by atoms with Crippen molar-refractivity contribution < 1.29 is 15.0 Å². The van der Waals surface area contributed by atoms with Gasteiger partial charge in [0.25, 0.3) is 11.5 Å². The number of anilines is 1. The van der Waals surface area contributed by atoms with Gasteiger partial charge in [0.05, 0.1) is 16.7 Å². The van der Waals surface area contributed by atoms with Gasteiger partial charge in [0.2, 0.25) is 0 Å². The highest BCUT2D eigenvalue weighted by Crippen LogP contribution is 2.39. The first-order valence-corrected chi connectivity index (χ1v) is 9.51. The molecule has 2 aromatic carbocycles. The maximum Gasteiger partial charge on any atom is 0.277 e. The third-order valence-corrected chi connectivity index (χ3v) is 5.02. The van der Waals surface area contributed by atoms with Gasteiger partial charge in [0.15, 0.2) is 6.04 Å². The Morgan fingerprint density at radius 2 is 1.83 bits per heavy atom. The lowest BCUT2D eigenvalue weighted by atomic mass is 9.95. The van der Waals surface area contributed by atoms with Crippen LogP contribution in [0.25, 0.3) is 10.9 Å². The lowest BCUT2D eigenvalue weighted by molar-refractivity contribution is -0.385. The normalized spacial score (nSPS) is 11.9. The number of hydrogen-bond donors (Lipinski definition) is 2. The molecule has 30 heavy (non-hydrogen) atoms. The van der Waals surface area contributed by atoms with Crippen LogP contribution in [-0.4, -0.2) is 15.0 Å². The molecule has 0 fully saturated rings. The van der Waals surface area contributed by atoms with Gasteiger partial charge in [-0.25, -0.2) is 9.97 Å². The number of hydrogen-bond acceptors (Lipinski definition) is 5. The summed E-state index contributed by atoms with van der Waals surface area (Å²) in [5.41, 5.74) is 3.18. The fourth-order valence-corrected chi connectivity index (χ4v) is 3.56. The van der Waals surface area contributed by atoms with Gasteiger partial charge in [-0.1, -0.05) is 24.3 Å². The number of para-hydroxylation sites is 1. The average molecular weight is 401 g/mol. The summed E-state index contributed by atoms with van der Waals surface area (Å²) < 4.78 is 0. The van der Waals surface area contributed by atoms with E-state index in [0.717, 1.165) is 16.6 Å². The van der Waals surface area contributed by atoms with Crippen molar-refractivity contribution in [1.82, 2.24) is 4.98 Å². The molecule has 0 aliphatic heterocycles. The molecule has 0 saturated heterocycles. The first kappa shape index (κ1) is 19.3. The van der Waals surface area contributed by atoms with Crippen LogP contribution in [0, 0.1) is 24.0 Å². The fraction of sp³-hybridized carbons (Fsp3) is 0.130. The second kappa shape index (κ2) is 7.79. The molecule has 2 heterocycles.